The van der Waals surface area contributed by atoms with Crippen molar-refractivity contribution in [3.05, 3.63) is 96.1 Å². The van der Waals surface area contributed by atoms with Crippen LogP contribution in [0, 0.1) is 11.8 Å². The fourth-order valence-corrected chi connectivity index (χ4v) is 8.87. The lowest BCUT2D eigenvalue weighted by Gasteiger charge is -2.37. The van der Waals surface area contributed by atoms with Gasteiger partial charge in [0, 0.05) is 61.1 Å². The molecule has 1 aliphatic carbocycles. The highest BCUT2D eigenvalue weighted by Crippen LogP contribution is 2.42. The first kappa shape index (κ1) is 42.7. The molecule has 62 heavy (non-hydrogen) atoms. The van der Waals surface area contributed by atoms with Gasteiger partial charge >= 0.3 is 12.0 Å². The third-order valence-electron chi connectivity index (χ3n) is 13.7. The lowest BCUT2D eigenvalue weighted by molar-refractivity contribution is 0.125. The summed E-state index contributed by atoms with van der Waals surface area (Å²) in [6.07, 6.45) is 12.8. The molecule has 2 fully saturated rings. The lowest BCUT2D eigenvalue weighted by atomic mass is 9.70. The van der Waals surface area contributed by atoms with Gasteiger partial charge in [-0.05, 0) is 99.4 Å². The Balaban J connectivity index is 0.903. The number of anilines is 4. The lowest BCUT2D eigenvalue weighted by Crippen LogP contribution is -2.41. The minimum Gasteiger partial charge on any atom is -0.393 e. The summed E-state index contributed by atoms with van der Waals surface area (Å²) in [6.45, 7) is 13.9. The molecule has 16 heteroatoms. The molecule has 1 saturated heterocycles. The first-order chi connectivity index (χ1) is 29.9. The average Bonchev–Trinajstić information content (AvgIpc) is 3.97. The smallest absolute Gasteiger partial charge is 0.321 e. The number of aliphatic hydroxyl groups excluding tert-OH is 1. The van der Waals surface area contributed by atoms with Crippen LogP contribution in [0.1, 0.15) is 102 Å². The number of piperidine rings is 1. The number of rotatable bonds is 15. The summed E-state index contributed by atoms with van der Waals surface area (Å²) in [4.78, 5) is 29.0. The SMILES string of the molecule is CC(C)C(C)(c1ccc(-c2cnc(N)nc2)cc1)c1noc(NC2CCN(CCC(C)C(C)(c3ccc(-c4cnc(N)nc4)cc3)c3noc(NC4CCC(O)CC4)n3)CC2)n1. The molecule has 4 aromatic heterocycles. The molecule has 6 aromatic rings. The van der Waals surface area contributed by atoms with E-state index in [-0.39, 0.29) is 41.9 Å². The van der Waals surface area contributed by atoms with Gasteiger partial charge in [-0.15, -0.1) is 0 Å². The Morgan fingerprint density at radius 1 is 0.645 bits per heavy atom. The molecule has 16 nitrogen and oxygen atoms in total. The van der Waals surface area contributed by atoms with Crippen molar-refractivity contribution in [2.45, 2.75) is 109 Å². The summed E-state index contributed by atoms with van der Waals surface area (Å²) in [5.74, 6) is 2.16. The van der Waals surface area contributed by atoms with Crippen LogP contribution in [0.25, 0.3) is 22.3 Å². The number of likely N-dealkylation sites (tertiary alicyclic amines) is 1. The van der Waals surface area contributed by atoms with E-state index in [1.165, 1.54) is 0 Å². The van der Waals surface area contributed by atoms with E-state index < -0.39 is 10.8 Å². The number of hydrogen-bond acceptors (Lipinski definition) is 16. The van der Waals surface area contributed by atoms with Gasteiger partial charge in [-0.3, -0.25) is 0 Å². The highest BCUT2D eigenvalue weighted by molar-refractivity contribution is 5.63. The molecule has 0 spiro atoms. The molecule has 3 unspecified atom stereocenters. The van der Waals surface area contributed by atoms with Crippen molar-refractivity contribution in [3.63, 3.8) is 0 Å². The molecule has 1 saturated carbocycles. The maximum Gasteiger partial charge on any atom is 0.321 e. The van der Waals surface area contributed by atoms with E-state index in [4.69, 9.17) is 30.5 Å². The van der Waals surface area contributed by atoms with Crippen LogP contribution >= 0.6 is 0 Å². The molecular formula is C46H59N13O3. The predicted octanol–water partition coefficient (Wildman–Crippen LogP) is 7.12. The van der Waals surface area contributed by atoms with E-state index in [0.717, 1.165) is 98.0 Å². The molecule has 0 amide bonds. The van der Waals surface area contributed by atoms with Crippen LogP contribution in [0.2, 0.25) is 0 Å². The molecule has 2 aliphatic rings. The number of nitrogens with zero attached hydrogens (tertiary/aromatic N) is 9. The predicted molar refractivity (Wildman–Crippen MR) is 239 cm³/mol. The number of nitrogens with two attached hydrogens (primary N) is 2. The fourth-order valence-electron chi connectivity index (χ4n) is 8.87. The molecule has 0 radical (unpaired) electrons. The van der Waals surface area contributed by atoms with Gasteiger partial charge in [0.1, 0.15) is 0 Å². The van der Waals surface area contributed by atoms with Crippen LogP contribution in [0.5, 0.6) is 0 Å². The van der Waals surface area contributed by atoms with Gasteiger partial charge in [-0.1, -0.05) is 79.6 Å². The van der Waals surface area contributed by atoms with E-state index >= 15 is 0 Å². The highest BCUT2D eigenvalue weighted by atomic mass is 16.5. The Labute approximate surface area is 362 Å². The largest absolute Gasteiger partial charge is 0.393 e. The zero-order valence-electron chi connectivity index (χ0n) is 36.3. The molecule has 2 aromatic carbocycles. The average molecular weight is 842 g/mol. The quantitative estimate of drug-likeness (QED) is 0.0693. The maximum absolute atomic E-state index is 10.0. The number of nitrogen functional groups attached to an aromatic ring is 2. The summed E-state index contributed by atoms with van der Waals surface area (Å²) < 4.78 is 11.7. The Bertz CT molecular complexity index is 2350. The number of aromatic nitrogens is 8. The van der Waals surface area contributed by atoms with Crippen molar-refractivity contribution in [1.29, 1.82) is 0 Å². The second-order valence-corrected chi connectivity index (χ2v) is 17.8. The molecule has 1 aliphatic heterocycles. The van der Waals surface area contributed by atoms with E-state index in [9.17, 15) is 5.11 Å². The topological polar surface area (TPSA) is 229 Å². The fraction of sp³-hybridized carbons (Fsp3) is 0.478. The number of hydrogen-bond donors (Lipinski definition) is 5. The maximum atomic E-state index is 10.0. The highest BCUT2D eigenvalue weighted by Gasteiger charge is 2.41. The van der Waals surface area contributed by atoms with E-state index in [1.54, 1.807) is 24.8 Å². The second kappa shape index (κ2) is 18.2. The summed E-state index contributed by atoms with van der Waals surface area (Å²) in [5, 5.41) is 26.1. The van der Waals surface area contributed by atoms with Crippen LogP contribution < -0.4 is 22.1 Å². The molecule has 7 N–H and O–H groups in total. The van der Waals surface area contributed by atoms with Crippen molar-refractivity contribution in [2.75, 3.05) is 41.7 Å². The minimum absolute atomic E-state index is 0.161. The minimum atomic E-state index is -0.545. The van der Waals surface area contributed by atoms with E-state index in [0.29, 0.717) is 23.7 Å². The zero-order valence-corrected chi connectivity index (χ0v) is 36.3. The van der Waals surface area contributed by atoms with Crippen LogP contribution in [0.4, 0.5) is 23.9 Å². The number of aliphatic hydroxyl groups is 1. The van der Waals surface area contributed by atoms with Gasteiger partial charge in [0.25, 0.3) is 0 Å². The van der Waals surface area contributed by atoms with Gasteiger partial charge in [0.15, 0.2) is 11.6 Å². The molecule has 0 bridgehead atoms. The first-order valence-corrected chi connectivity index (χ1v) is 21.9. The summed E-state index contributed by atoms with van der Waals surface area (Å²) >= 11 is 0. The zero-order chi connectivity index (χ0) is 43.4. The van der Waals surface area contributed by atoms with E-state index in [2.05, 4.69) is 129 Å². The number of benzene rings is 2. The summed E-state index contributed by atoms with van der Waals surface area (Å²) in [5.41, 5.74) is 16.4. The first-order valence-electron chi connectivity index (χ1n) is 21.9. The Kier molecular flexibility index (Phi) is 12.5. The third kappa shape index (κ3) is 9.12. The van der Waals surface area contributed by atoms with Gasteiger partial charge in [0.2, 0.25) is 11.9 Å². The molecule has 8 rings (SSSR count). The Morgan fingerprint density at radius 2 is 1.08 bits per heavy atom. The molecule has 326 valence electrons. The normalized spacial score (nSPS) is 20.0. The number of nitrogens with one attached hydrogen (secondary N) is 2. The van der Waals surface area contributed by atoms with Gasteiger partial charge in [-0.25, -0.2) is 19.9 Å². The van der Waals surface area contributed by atoms with Crippen molar-refractivity contribution >= 4 is 23.9 Å². The van der Waals surface area contributed by atoms with Gasteiger partial charge < -0.3 is 41.2 Å². The summed E-state index contributed by atoms with van der Waals surface area (Å²) in [7, 11) is 0. The van der Waals surface area contributed by atoms with Crippen molar-refractivity contribution < 1.29 is 14.2 Å². The molecule has 5 heterocycles. The monoisotopic (exact) mass is 841 g/mol. The molecular weight excluding hydrogens is 783 g/mol. The van der Waals surface area contributed by atoms with Crippen LogP contribution in [-0.2, 0) is 10.8 Å². The van der Waals surface area contributed by atoms with Gasteiger partial charge in [-0.2, -0.15) is 9.97 Å². The van der Waals surface area contributed by atoms with Crippen molar-refractivity contribution in [1.82, 2.24) is 45.1 Å². The Morgan fingerprint density at radius 3 is 1.55 bits per heavy atom. The molecule has 3 atom stereocenters. The Hall–Kier alpha value is -6.00. The van der Waals surface area contributed by atoms with E-state index in [1.807, 2.05) is 0 Å². The van der Waals surface area contributed by atoms with Crippen molar-refractivity contribution in [2.24, 2.45) is 11.8 Å². The second-order valence-electron chi connectivity index (χ2n) is 17.8. The van der Waals surface area contributed by atoms with Crippen LogP contribution in [0.3, 0.4) is 0 Å². The van der Waals surface area contributed by atoms with Gasteiger partial charge in [0.05, 0.1) is 16.9 Å². The summed E-state index contributed by atoms with van der Waals surface area (Å²) in [6, 6.07) is 18.1. The van der Waals surface area contributed by atoms with Crippen LogP contribution in [0.15, 0.2) is 82.4 Å². The third-order valence-corrected chi connectivity index (χ3v) is 13.7. The standard InChI is InChI=1S/C46H59N13O3/c1-28(2)45(4,34-10-6-30(7-11-34)32-24-49-41(47)50-25-32)39-55-44(61-57-39)54-37-19-22-59(23-20-37)21-18-29(3)46(5,35-12-8-31(9-13-35)33-26-51-42(48)52-27-33)40-56-43(62-58-40)53-36-14-16-38(60)17-15-36/h6-13,24-29,36-38,60H,14-23H2,1-5H3,(H2,47,49,50)(H2,48,51,52)(H,53,56,58)(H,54,55,57). The van der Waals surface area contributed by atoms with Crippen LogP contribution in [-0.4, -0.2) is 88.0 Å². The van der Waals surface area contributed by atoms with Crippen molar-refractivity contribution in [3.8, 4) is 22.3 Å².